The molecule has 0 heterocycles. The molecule has 0 aliphatic rings. The summed E-state index contributed by atoms with van der Waals surface area (Å²) >= 11 is 6.04. The first-order chi connectivity index (χ1) is 8.01. The number of halogens is 1. The Balaban J connectivity index is 2.87. The van der Waals surface area contributed by atoms with E-state index in [-0.39, 0.29) is 0 Å². The third kappa shape index (κ3) is 3.44. The van der Waals surface area contributed by atoms with E-state index in [0.29, 0.717) is 30.8 Å². The van der Waals surface area contributed by atoms with Gasteiger partial charge in [0, 0.05) is 5.02 Å². The Morgan fingerprint density at radius 3 is 2.24 bits per heavy atom. The second kappa shape index (κ2) is 6.39. The fourth-order valence-electron chi connectivity index (χ4n) is 2.19. The van der Waals surface area contributed by atoms with E-state index in [0.717, 1.165) is 10.6 Å². The van der Waals surface area contributed by atoms with Crippen LogP contribution in [-0.2, 0) is 0 Å². The van der Waals surface area contributed by atoms with Crippen molar-refractivity contribution < 1.29 is 0 Å². The lowest BCUT2D eigenvalue weighted by Gasteiger charge is -2.27. The van der Waals surface area contributed by atoms with E-state index in [1.807, 2.05) is 13.0 Å². The predicted octanol–water partition coefficient (Wildman–Crippen LogP) is 2.92. The Morgan fingerprint density at radius 1 is 1.18 bits per heavy atom. The summed E-state index contributed by atoms with van der Waals surface area (Å²) in [5.74, 6) is 1.30. The maximum Gasteiger partial charge on any atom is 0.0435 e. The fraction of sp³-hybridized carbons (Fsp3) is 0.571. The SMILES string of the molecule is Cc1cc(C(C)C(C)C(CN)CN)ccc1Cl. The molecule has 3 heteroatoms. The van der Waals surface area contributed by atoms with Gasteiger partial charge in [0.25, 0.3) is 0 Å². The lowest BCUT2D eigenvalue weighted by atomic mass is 9.80. The summed E-state index contributed by atoms with van der Waals surface area (Å²) in [6.07, 6.45) is 0. The molecule has 0 fully saturated rings. The molecular formula is C14H23ClN2. The largest absolute Gasteiger partial charge is 0.330 e. The number of rotatable bonds is 5. The highest BCUT2D eigenvalue weighted by atomic mass is 35.5. The zero-order chi connectivity index (χ0) is 13.0. The first-order valence-electron chi connectivity index (χ1n) is 6.17. The van der Waals surface area contributed by atoms with Gasteiger partial charge in [0.2, 0.25) is 0 Å². The van der Waals surface area contributed by atoms with Crippen molar-refractivity contribution in [3.63, 3.8) is 0 Å². The number of hydrogen-bond donors (Lipinski definition) is 2. The summed E-state index contributed by atoms with van der Waals surface area (Å²) in [4.78, 5) is 0. The summed E-state index contributed by atoms with van der Waals surface area (Å²) in [7, 11) is 0. The molecule has 0 aliphatic heterocycles. The second-order valence-corrected chi connectivity index (χ2v) is 5.30. The molecule has 0 spiro atoms. The number of nitrogens with two attached hydrogens (primary N) is 2. The molecule has 2 unspecified atom stereocenters. The Hall–Kier alpha value is -0.570. The molecule has 4 N–H and O–H groups in total. The molecule has 1 aromatic rings. The Labute approximate surface area is 109 Å². The molecule has 96 valence electrons. The van der Waals surface area contributed by atoms with E-state index >= 15 is 0 Å². The topological polar surface area (TPSA) is 52.0 Å². The van der Waals surface area contributed by atoms with Gasteiger partial charge in [-0.15, -0.1) is 0 Å². The molecular weight excluding hydrogens is 232 g/mol. The minimum absolute atomic E-state index is 0.376. The van der Waals surface area contributed by atoms with Crippen LogP contribution < -0.4 is 11.5 Å². The van der Waals surface area contributed by atoms with Crippen LogP contribution >= 0.6 is 11.6 Å². The lowest BCUT2D eigenvalue weighted by Crippen LogP contribution is -2.31. The van der Waals surface area contributed by atoms with E-state index in [2.05, 4.69) is 26.0 Å². The average Bonchev–Trinajstić information content (AvgIpc) is 2.33. The smallest absolute Gasteiger partial charge is 0.0435 e. The molecule has 2 nitrogen and oxygen atoms in total. The quantitative estimate of drug-likeness (QED) is 0.849. The van der Waals surface area contributed by atoms with Crippen molar-refractivity contribution in [2.45, 2.75) is 26.7 Å². The van der Waals surface area contributed by atoms with Crippen molar-refractivity contribution in [1.29, 1.82) is 0 Å². The van der Waals surface area contributed by atoms with Crippen molar-refractivity contribution in [3.8, 4) is 0 Å². The molecule has 0 aromatic heterocycles. The van der Waals surface area contributed by atoms with Gasteiger partial charge in [0.15, 0.2) is 0 Å². The Morgan fingerprint density at radius 2 is 1.76 bits per heavy atom. The summed E-state index contributed by atoms with van der Waals surface area (Å²) in [6.45, 7) is 7.78. The zero-order valence-electron chi connectivity index (χ0n) is 10.9. The Bertz CT molecular complexity index is 361. The van der Waals surface area contributed by atoms with E-state index in [1.54, 1.807) is 0 Å². The van der Waals surface area contributed by atoms with Crippen LogP contribution in [0.2, 0.25) is 5.02 Å². The molecule has 0 saturated heterocycles. The minimum Gasteiger partial charge on any atom is -0.330 e. The first-order valence-corrected chi connectivity index (χ1v) is 6.55. The van der Waals surface area contributed by atoms with E-state index in [1.165, 1.54) is 5.56 Å². The third-order valence-electron chi connectivity index (χ3n) is 3.85. The maximum atomic E-state index is 6.04. The van der Waals surface area contributed by atoms with Gasteiger partial charge in [-0.1, -0.05) is 37.6 Å². The van der Waals surface area contributed by atoms with Gasteiger partial charge in [-0.05, 0) is 55.0 Å². The number of benzene rings is 1. The monoisotopic (exact) mass is 254 g/mol. The van der Waals surface area contributed by atoms with Gasteiger partial charge < -0.3 is 11.5 Å². The average molecular weight is 255 g/mol. The Kier molecular flexibility index (Phi) is 5.44. The molecule has 0 radical (unpaired) electrons. The highest BCUT2D eigenvalue weighted by Gasteiger charge is 2.22. The van der Waals surface area contributed by atoms with Gasteiger partial charge in [-0.3, -0.25) is 0 Å². The molecule has 0 amide bonds. The van der Waals surface area contributed by atoms with Crippen LogP contribution in [-0.4, -0.2) is 13.1 Å². The van der Waals surface area contributed by atoms with Gasteiger partial charge in [-0.25, -0.2) is 0 Å². The fourth-order valence-corrected chi connectivity index (χ4v) is 2.31. The maximum absolute atomic E-state index is 6.04. The molecule has 1 aromatic carbocycles. The van der Waals surface area contributed by atoms with Gasteiger partial charge >= 0.3 is 0 Å². The third-order valence-corrected chi connectivity index (χ3v) is 4.27. The van der Waals surface area contributed by atoms with Gasteiger partial charge in [0.05, 0.1) is 0 Å². The summed E-state index contributed by atoms with van der Waals surface area (Å²) in [6, 6.07) is 6.23. The van der Waals surface area contributed by atoms with Crippen molar-refractivity contribution in [2.24, 2.45) is 23.3 Å². The molecule has 1 rings (SSSR count). The van der Waals surface area contributed by atoms with Crippen LogP contribution in [0.4, 0.5) is 0 Å². The van der Waals surface area contributed by atoms with Crippen LogP contribution in [0, 0.1) is 18.8 Å². The molecule has 17 heavy (non-hydrogen) atoms. The first kappa shape index (κ1) is 14.5. The van der Waals surface area contributed by atoms with Crippen LogP contribution in [0.15, 0.2) is 18.2 Å². The summed E-state index contributed by atoms with van der Waals surface area (Å²) < 4.78 is 0. The van der Waals surface area contributed by atoms with E-state index < -0.39 is 0 Å². The van der Waals surface area contributed by atoms with Crippen molar-refractivity contribution in [3.05, 3.63) is 34.3 Å². The molecule has 0 bridgehead atoms. The molecule has 0 aliphatic carbocycles. The van der Waals surface area contributed by atoms with Crippen LogP contribution in [0.5, 0.6) is 0 Å². The van der Waals surface area contributed by atoms with Crippen LogP contribution in [0.25, 0.3) is 0 Å². The highest BCUT2D eigenvalue weighted by Crippen LogP contribution is 2.31. The van der Waals surface area contributed by atoms with E-state index in [4.69, 9.17) is 23.1 Å². The lowest BCUT2D eigenvalue weighted by molar-refractivity contribution is 0.328. The summed E-state index contributed by atoms with van der Waals surface area (Å²) in [5.41, 5.74) is 13.9. The van der Waals surface area contributed by atoms with Crippen LogP contribution in [0.1, 0.15) is 30.9 Å². The number of aryl methyl sites for hydroxylation is 1. The predicted molar refractivity (Wildman–Crippen MR) is 75.4 cm³/mol. The zero-order valence-corrected chi connectivity index (χ0v) is 11.7. The van der Waals surface area contributed by atoms with Crippen molar-refractivity contribution >= 4 is 11.6 Å². The normalized spacial score (nSPS) is 15.0. The minimum atomic E-state index is 0.376. The second-order valence-electron chi connectivity index (χ2n) is 4.89. The van der Waals surface area contributed by atoms with Gasteiger partial charge in [-0.2, -0.15) is 0 Å². The molecule has 0 saturated carbocycles. The van der Waals surface area contributed by atoms with Crippen molar-refractivity contribution in [2.75, 3.05) is 13.1 Å². The van der Waals surface area contributed by atoms with Crippen LogP contribution in [0.3, 0.4) is 0 Å². The summed E-state index contributed by atoms with van der Waals surface area (Å²) in [5, 5.41) is 0.822. The number of hydrogen-bond acceptors (Lipinski definition) is 2. The van der Waals surface area contributed by atoms with Crippen molar-refractivity contribution in [1.82, 2.24) is 0 Å². The standard InChI is InChI=1S/C14H23ClN2/c1-9-6-12(4-5-14(9)15)10(2)11(3)13(7-16)8-17/h4-6,10-11,13H,7-8,16-17H2,1-3H3. The highest BCUT2D eigenvalue weighted by molar-refractivity contribution is 6.31. The molecule has 2 atom stereocenters. The van der Waals surface area contributed by atoms with E-state index in [9.17, 15) is 0 Å². The van der Waals surface area contributed by atoms with Gasteiger partial charge in [0.1, 0.15) is 0 Å².